The summed E-state index contributed by atoms with van der Waals surface area (Å²) >= 11 is 0. The standard InChI is InChI=1S/C9H15N3O4S/c1-7-6-16-8(5-13)4-12(7)17(14,15)9-2-3-10-11-9/h2-3,7-8,13H,4-6H2,1H3,(H,10,11). The first-order valence-corrected chi connectivity index (χ1v) is 6.73. The molecule has 0 spiro atoms. The lowest BCUT2D eigenvalue weighted by atomic mass is 10.2. The molecule has 0 bridgehead atoms. The third-order valence-corrected chi connectivity index (χ3v) is 4.62. The van der Waals surface area contributed by atoms with Gasteiger partial charge in [-0.25, -0.2) is 8.42 Å². The number of nitrogens with zero attached hydrogens (tertiary/aromatic N) is 2. The van der Waals surface area contributed by atoms with Crippen LogP contribution in [0.1, 0.15) is 6.92 Å². The van der Waals surface area contributed by atoms with E-state index in [2.05, 4.69) is 10.2 Å². The SMILES string of the molecule is CC1COC(CO)CN1S(=O)(=O)c1ccn[nH]1. The van der Waals surface area contributed by atoms with E-state index in [1.807, 2.05) is 0 Å². The van der Waals surface area contributed by atoms with E-state index in [1.165, 1.54) is 16.6 Å². The summed E-state index contributed by atoms with van der Waals surface area (Å²) in [5.74, 6) is 0. The van der Waals surface area contributed by atoms with Gasteiger partial charge in [-0.15, -0.1) is 0 Å². The molecule has 0 aliphatic carbocycles. The molecule has 96 valence electrons. The predicted molar refractivity (Wildman–Crippen MR) is 58.8 cm³/mol. The van der Waals surface area contributed by atoms with Crippen LogP contribution >= 0.6 is 0 Å². The Morgan fingerprint density at radius 1 is 1.71 bits per heavy atom. The second-order valence-electron chi connectivity index (χ2n) is 3.98. The number of hydrogen-bond acceptors (Lipinski definition) is 5. The summed E-state index contributed by atoms with van der Waals surface area (Å²) in [4.78, 5) is 0. The number of aliphatic hydroxyl groups excluding tert-OH is 1. The Hall–Kier alpha value is -0.960. The Morgan fingerprint density at radius 2 is 2.47 bits per heavy atom. The summed E-state index contributed by atoms with van der Waals surface area (Å²) in [6, 6.07) is 1.15. The molecule has 1 saturated heterocycles. The number of aliphatic hydroxyl groups is 1. The van der Waals surface area contributed by atoms with Gasteiger partial charge in [0.05, 0.1) is 25.5 Å². The molecule has 2 N–H and O–H groups in total. The van der Waals surface area contributed by atoms with Crippen molar-refractivity contribution in [3.8, 4) is 0 Å². The van der Waals surface area contributed by atoms with E-state index in [0.717, 1.165) is 0 Å². The van der Waals surface area contributed by atoms with Crippen molar-refractivity contribution in [3.63, 3.8) is 0 Å². The number of sulfonamides is 1. The van der Waals surface area contributed by atoms with Crippen LogP contribution in [0.5, 0.6) is 0 Å². The highest BCUT2D eigenvalue weighted by Crippen LogP contribution is 2.20. The van der Waals surface area contributed by atoms with E-state index in [4.69, 9.17) is 9.84 Å². The first kappa shape index (κ1) is 12.5. The molecule has 2 atom stereocenters. The summed E-state index contributed by atoms with van der Waals surface area (Å²) in [5.41, 5.74) is 0. The highest BCUT2D eigenvalue weighted by atomic mass is 32.2. The Bertz CT molecular complexity index is 459. The Kier molecular flexibility index (Phi) is 3.48. The molecule has 0 amide bonds. The van der Waals surface area contributed by atoms with Crippen molar-refractivity contribution < 1.29 is 18.3 Å². The van der Waals surface area contributed by atoms with Gasteiger partial charge in [-0.2, -0.15) is 9.40 Å². The first-order valence-electron chi connectivity index (χ1n) is 5.29. The van der Waals surface area contributed by atoms with E-state index in [9.17, 15) is 8.42 Å². The molecule has 0 aromatic carbocycles. The molecule has 2 rings (SSSR count). The van der Waals surface area contributed by atoms with E-state index < -0.39 is 16.1 Å². The van der Waals surface area contributed by atoms with Gasteiger partial charge in [0, 0.05) is 12.6 Å². The van der Waals surface area contributed by atoms with E-state index >= 15 is 0 Å². The van der Waals surface area contributed by atoms with Crippen molar-refractivity contribution in [2.75, 3.05) is 19.8 Å². The maximum atomic E-state index is 12.2. The summed E-state index contributed by atoms with van der Waals surface area (Å²) in [6.07, 6.45) is 0.922. The van der Waals surface area contributed by atoms with Gasteiger partial charge < -0.3 is 9.84 Å². The lowest BCUT2D eigenvalue weighted by molar-refractivity contribution is -0.0516. The highest BCUT2D eigenvalue weighted by Gasteiger charge is 2.35. The molecular formula is C9H15N3O4S. The number of rotatable bonds is 3. The number of aromatic amines is 1. The molecule has 7 nitrogen and oxygen atoms in total. The zero-order valence-corrected chi connectivity index (χ0v) is 10.2. The van der Waals surface area contributed by atoms with Gasteiger partial charge in [0.2, 0.25) is 0 Å². The molecular weight excluding hydrogens is 246 g/mol. The second-order valence-corrected chi connectivity index (χ2v) is 5.84. The number of H-pyrrole nitrogens is 1. The summed E-state index contributed by atoms with van der Waals surface area (Å²) in [7, 11) is -3.59. The number of hydrogen-bond donors (Lipinski definition) is 2. The molecule has 17 heavy (non-hydrogen) atoms. The van der Waals surface area contributed by atoms with Crippen LogP contribution in [0.3, 0.4) is 0 Å². The average molecular weight is 261 g/mol. The fourth-order valence-electron chi connectivity index (χ4n) is 1.75. The topological polar surface area (TPSA) is 95.5 Å². The van der Waals surface area contributed by atoms with E-state index in [-0.39, 0.29) is 30.8 Å². The number of ether oxygens (including phenoxy) is 1. The van der Waals surface area contributed by atoms with Crippen molar-refractivity contribution in [3.05, 3.63) is 12.3 Å². The first-order chi connectivity index (χ1) is 8.05. The largest absolute Gasteiger partial charge is 0.394 e. The molecule has 1 aromatic heterocycles. The summed E-state index contributed by atoms with van der Waals surface area (Å²) in [6.45, 7) is 2.00. The lowest BCUT2D eigenvalue weighted by Gasteiger charge is -2.35. The van der Waals surface area contributed by atoms with Gasteiger partial charge in [0.1, 0.15) is 0 Å². The smallest absolute Gasteiger partial charge is 0.260 e. The van der Waals surface area contributed by atoms with Crippen LogP contribution in [0.2, 0.25) is 0 Å². The lowest BCUT2D eigenvalue weighted by Crippen LogP contribution is -2.51. The molecule has 1 fully saturated rings. The third kappa shape index (κ3) is 2.34. The van der Waals surface area contributed by atoms with Crippen LogP contribution in [0, 0.1) is 0 Å². The molecule has 1 aromatic rings. The maximum absolute atomic E-state index is 12.2. The van der Waals surface area contributed by atoms with Crippen LogP contribution < -0.4 is 0 Å². The minimum absolute atomic E-state index is 0.0583. The number of nitrogens with one attached hydrogen (secondary N) is 1. The molecule has 0 radical (unpaired) electrons. The molecule has 0 saturated carbocycles. The predicted octanol–water partition coefficient (Wildman–Crippen LogP) is -0.820. The maximum Gasteiger partial charge on any atom is 0.260 e. The fourth-order valence-corrected chi connectivity index (χ4v) is 3.30. The zero-order chi connectivity index (χ0) is 12.5. The second kappa shape index (κ2) is 4.73. The quantitative estimate of drug-likeness (QED) is 0.741. The summed E-state index contributed by atoms with van der Waals surface area (Å²) in [5, 5.41) is 15.2. The van der Waals surface area contributed by atoms with Gasteiger partial charge in [-0.05, 0) is 13.0 Å². The van der Waals surface area contributed by atoms with Crippen molar-refractivity contribution >= 4 is 10.0 Å². The van der Waals surface area contributed by atoms with Crippen LogP contribution in [-0.2, 0) is 14.8 Å². The normalized spacial score (nSPS) is 27.2. The van der Waals surface area contributed by atoms with Gasteiger partial charge in [0.25, 0.3) is 10.0 Å². The van der Waals surface area contributed by atoms with Crippen molar-refractivity contribution in [1.82, 2.24) is 14.5 Å². The Balaban J connectivity index is 2.26. The molecule has 2 heterocycles. The van der Waals surface area contributed by atoms with Gasteiger partial charge >= 0.3 is 0 Å². The van der Waals surface area contributed by atoms with Gasteiger partial charge in [-0.3, -0.25) is 5.10 Å². The minimum atomic E-state index is -3.59. The highest BCUT2D eigenvalue weighted by molar-refractivity contribution is 7.89. The van der Waals surface area contributed by atoms with Crippen LogP contribution in [0.25, 0.3) is 0 Å². The van der Waals surface area contributed by atoms with E-state index in [0.29, 0.717) is 0 Å². The van der Waals surface area contributed by atoms with Crippen LogP contribution in [-0.4, -0.2) is 59.9 Å². The monoisotopic (exact) mass is 261 g/mol. The number of aromatic nitrogens is 2. The fraction of sp³-hybridized carbons (Fsp3) is 0.667. The van der Waals surface area contributed by atoms with Crippen LogP contribution in [0.15, 0.2) is 17.3 Å². The number of morpholine rings is 1. The van der Waals surface area contributed by atoms with Crippen molar-refractivity contribution in [2.45, 2.75) is 24.1 Å². The molecule has 8 heteroatoms. The van der Waals surface area contributed by atoms with E-state index in [1.54, 1.807) is 6.92 Å². The third-order valence-electron chi connectivity index (χ3n) is 2.71. The van der Waals surface area contributed by atoms with Crippen molar-refractivity contribution in [1.29, 1.82) is 0 Å². The molecule has 1 aliphatic heterocycles. The van der Waals surface area contributed by atoms with Gasteiger partial charge in [-0.1, -0.05) is 0 Å². The summed E-state index contributed by atoms with van der Waals surface area (Å²) < 4.78 is 31.1. The van der Waals surface area contributed by atoms with Crippen molar-refractivity contribution in [2.24, 2.45) is 0 Å². The van der Waals surface area contributed by atoms with Crippen LogP contribution in [0.4, 0.5) is 0 Å². The Morgan fingerprint density at radius 3 is 3.06 bits per heavy atom. The molecule has 1 aliphatic rings. The Labute approximate surface area is 99.4 Å². The molecule has 2 unspecified atom stereocenters. The average Bonchev–Trinajstić information content (AvgIpc) is 2.83. The minimum Gasteiger partial charge on any atom is -0.394 e. The van der Waals surface area contributed by atoms with Gasteiger partial charge in [0.15, 0.2) is 5.03 Å². The zero-order valence-electron chi connectivity index (χ0n) is 9.41.